The fourth-order valence-electron chi connectivity index (χ4n) is 4.37. The van der Waals surface area contributed by atoms with Crippen molar-refractivity contribution in [3.63, 3.8) is 0 Å². The average Bonchev–Trinajstić information content (AvgIpc) is 3.21. The molecule has 0 radical (unpaired) electrons. The third-order valence-corrected chi connectivity index (χ3v) is 5.93. The maximum absolute atomic E-state index is 6.23. The molecule has 0 aromatic heterocycles. The van der Waals surface area contributed by atoms with Crippen molar-refractivity contribution in [1.29, 1.82) is 0 Å². The Hall–Kier alpha value is -2.20. The lowest BCUT2D eigenvalue weighted by molar-refractivity contribution is 0.109. The van der Waals surface area contributed by atoms with E-state index in [0.717, 1.165) is 30.4 Å². The van der Waals surface area contributed by atoms with E-state index in [0.29, 0.717) is 18.6 Å². The summed E-state index contributed by atoms with van der Waals surface area (Å²) in [6.07, 6.45) is 5.08. The summed E-state index contributed by atoms with van der Waals surface area (Å²) >= 11 is 0. The van der Waals surface area contributed by atoms with Gasteiger partial charge in [0, 0.05) is 18.5 Å². The molecule has 150 valence electrons. The number of nitrogens with zero attached hydrogens (tertiary/aromatic N) is 1. The minimum Gasteiger partial charge on any atom is -0.493 e. The SMILES string of the molecule is CCCCCN1CC[C@H](c2ccccc2)[C@@H](COc2ccc3c(c2)OCO3)C1. The minimum atomic E-state index is 0.296. The maximum atomic E-state index is 6.23. The zero-order valence-electron chi connectivity index (χ0n) is 16.8. The molecule has 2 aliphatic heterocycles. The number of rotatable bonds is 8. The van der Waals surface area contributed by atoms with Crippen molar-refractivity contribution >= 4 is 0 Å². The van der Waals surface area contributed by atoms with Crippen LogP contribution in [-0.4, -0.2) is 37.9 Å². The van der Waals surface area contributed by atoms with Gasteiger partial charge in [-0.25, -0.2) is 0 Å². The van der Waals surface area contributed by atoms with E-state index in [9.17, 15) is 0 Å². The van der Waals surface area contributed by atoms with Crippen LogP contribution < -0.4 is 14.2 Å². The first-order valence-electron chi connectivity index (χ1n) is 10.6. The van der Waals surface area contributed by atoms with E-state index in [1.165, 1.54) is 44.3 Å². The van der Waals surface area contributed by atoms with E-state index in [1.54, 1.807) is 0 Å². The summed E-state index contributed by atoms with van der Waals surface area (Å²) in [5.41, 5.74) is 1.44. The molecule has 0 unspecified atom stereocenters. The number of likely N-dealkylation sites (tertiary alicyclic amines) is 1. The predicted molar refractivity (Wildman–Crippen MR) is 111 cm³/mol. The van der Waals surface area contributed by atoms with Crippen molar-refractivity contribution in [3.8, 4) is 17.2 Å². The normalized spacial score (nSPS) is 21.6. The third kappa shape index (κ3) is 4.61. The maximum Gasteiger partial charge on any atom is 0.231 e. The fraction of sp³-hybridized carbons (Fsp3) is 0.500. The molecule has 2 aliphatic rings. The zero-order chi connectivity index (χ0) is 19.2. The lowest BCUT2D eigenvalue weighted by Crippen LogP contribution is -2.42. The van der Waals surface area contributed by atoms with Gasteiger partial charge in [-0.05, 0) is 49.5 Å². The molecular formula is C24H31NO3. The van der Waals surface area contributed by atoms with Gasteiger partial charge in [0.05, 0.1) is 6.61 Å². The lowest BCUT2D eigenvalue weighted by Gasteiger charge is -2.39. The Morgan fingerprint density at radius 1 is 1.04 bits per heavy atom. The summed E-state index contributed by atoms with van der Waals surface area (Å²) in [5, 5.41) is 0. The molecule has 0 aliphatic carbocycles. The van der Waals surface area contributed by atoms with Crippen molar-refractivity contribution in [2.75, 3.05) is 33.0 Å². The summed E-state index contributed by atoms with van der Waals surface area (Å²) in [6.45, 7) is 6.78. The molecule has 28 heavy (non-hydrogen) atoms. The summed E-state index contributed by atoms with van der Waals surface area (Å²) < 4.78 is 17.1. The van der Waals surface area contributed by atoms with Gasteiger partial charge in [0.1, 0.15) is 5.75 Å². The Morgan fingerprint density at radius 2 is 1.89 bits per heavy atom. The number of ether oxygens (including phenoxy) is 3. The lowest BCUT2D eigenvalue weighted by atomic mass is 9.81. The quantitative estimate of drug-likeness (QED) is 0.596. The minimum absolute atomic E-state index is 0.296. The molecule has 4 heteroatoms. The summed E-state index contributed by atoms with van der Waals surface area (Å²) in [4.78, 5) is 2.63. The molecule has 2 aromatic carbocycles. The average molecular weight is 382 g/mol. The molecule has 4 rings (SSSR count). The smallest absolute Gasteiger partial charge is 0.231 e. The molecule has 2 atom stereocenters. The molecule has 4 nitrogen and oxygen atoms in total. The Bertz CT molecular complexity index is 749. The van der Waals surface area contributed by atoms with Crippen LogP contribution in [0.4, 0.5) is 0 Å². The number of unbranched alkanes of at least 4 members (excludes halogenated alkanes) is 2. The highest BCUT2D eigenvalue weighted by molar-refractivity contribution is 5.46. The van der Waals surface area contributed by atoms with Gasteiger partial charge in [0.15, 0.2) is 11.5 Å². The van der Waals surface area contributed by atoms with E-state index in [2.05, 4.69) is 42.2 Å². The van der Waals surface area contributed by atoms with Crippen LogP contribution in [0.25, 0.3) is 0 Å². The number of benzene rings is 2. The standard InChI is InChI=1S/C24H31NO3/c1-2-3-7-13-25-14-12-22(19-8-5-4-6-9-19)20(16-25)17-26-21-10-11-23-24(15-21)28-18-27-23/h4-6,8-11,15,20,22H,2-3,7,12-14,16-18H2,1H3/t20-,22-/m1/s1. The molecular weight excluding hydrogens is 350 g/mol. The molecule has 0 amide bonds. The van der Waals surface area contributed by atoms with Crippen molar-refractivity contribution in [3.05, 3.63) is 54.1 Å². The van der Waals surface area contributed by atoms with Crippen LogP contribution in [-0.2, 0) is 0 Å². The van der Waals surface area contributed by atoms with Crippen molar-refractivity contribution < 1.29 is 14.2 Å². The van der Waals surface area contributed by atoms with Crippen LogP contribution in [0.3, 0.4) is 0 Å². The largest absolute Gasteiger partial charge is 0.493 e. The zero-order valence-corrected chi connectivity index (χ0v) is 16.8. The van der Waals surface area contributed by atoms with Crippen molar-refractivity contribution in [1.82, 2.24) is 4.90 Å². The predicted octanol–water partition coefficient (Wildman–Crippen LogP) is 5.09. The second-order valence-electron chi connectivity index (χ2n) is 7.90. The van der Waals surface area contributed by atoms with E-state index in [1.807, 2.05) is 18.2 Å². The first-order chi connectivity index (χ1) is 13.8. The third-order valence-electron chi connectivity index (χ3n) is 5.93. The van der Waals surface area contributed by atoms with Crippen LogP contribution >= 0.6 is 0 Å². The second kappa shape index (κ2) is 9.33. The summed E-state index contributed by atoms with van der Waals surface area (Å²) in [6, 6.07) is 16.8. The van der Waals surface area contributed by atoms with E-state index in [-0.39, 0.29) is 0 Å². The van der Waals surface area contributed by atoms with E-state index in [4.69, 9.17) is 14.2 Å². The van der Waals surface area contributed by atoms with Gasteiger partial charge in [0.2, 0.25) is 6.79 Å². The molecule has 0 N–H and O–H groups in total. The van der Waals surface area contributed by atoms with Crippen LogP contribution in [0.15, 0.2) is 48.5 Å². The molecule has 0 bridgehead atoms. The van der Waals surface area contributed by atoms with Crippen LogP contribution in [0.1, 0.15) is 44.1 Å². The number of hydrogen-bond acceptors (Lipinski definition) is 4. The Kier molecular flexibility index (Phi) is 6.38. The topological polar surface area (TPSA) is 30.9 Å². The molecule has 1 saturated heterocycles. The second-order valence-corrected chi connectivity index (χ2v) is 7.90. The molecule has 1 fully saturated rings. The molecule has 2 heterocycles. The van der Waals surface area contributed by atoms with Gasteiger partial charge in [0.25, 0.3) is 0 Å². The van der Waals surface area contributed by atoms with E-state index < -0.39 is 0 Å². The monoisotopic (exact) mass is 381 g/mol. The van der Waals surface area contributed by atoms with E-state index >= 15 is 0 Å². The van der Waals surface area contributed by atoms with Crippen LogP contribution in [0.5, 0.6) is 17.2 Å². The summed E-state index contributed by atoms with van der Waals surface area (Å²) in [7, 11) is 0. The van der Waals surface area contributed by atoms with Crippen molar-refractivity contribution in [2.24, 2.45) is 5.92 Å². The van der Waals surface area contributed by atoms with Gasteiger partial charge in [-0.2, -0.15) is 0 Å². The van der Waals surface area contributed by atoms with Gasteiger partial charge in [-0.3, -0.25) is 0 Å². The van der Waals surface area contributed by atoms with Crippen molar-refractivity contribution in [2.45, 2.75) is 38.5 Å². The van der Waals surface area contributed by atoms with Gasteiger partial charge < -0.3 is 19.1 Å². The number of piperidine rings is 1. The Balaban J connectivity index is 1.42. The first-order valence-corrected chi connectivity index (χ1v) is 10.6. The number of fused-ring (bicyclic) bond motifs is 1. The van der Waals surface area contributed by atoms with Gasteiger partial charge in [-0.15, -0.1) is 0 Å². The van der Waals surface area contributed by atoms with Gasteiger partial charge >= 0.3 is 0 Å². The number of hydrogen-bond donors (Lipinski definition) is 0. The first kappa shape index (κ1) is 19.1. The Labute approximate surface area is 168 Å². The van der Waals surface area contributed by atoms with Gasteiger partial charge in [-0.1, -0.05) is 50.1 Å². The molecule has 0 saturated carbocycles. The molecule has 2 aromatic rings. The highest BCUT2D eigenvalue weighted by Crippen LogP contribution is 2.37. The van der Waals surface area contributed by atoms with Crippen LogP contribution in [0.2, 0.25) is 0 Å². The molecule has 0 spiro atoms. The van der Waals surface area contributed by atoms with Crippen LogP contribution in [0, 0.1) is 5.92 Å². The Morgan fingerprint density at radius 3 is 2.75 bits per heavy atom. The fourth-order valence-corrected chi connectivity index (χ4v) is 4.37. The highest BCUT2D eigenvalue weighted by Gasteiger charge is 2.30. The summed E-state index contributed by atoms with van der Waals surface area (Å²) in [5.74, 6) is 3.48. The highest BCUT2D eigenvalue weighted by atomic mass is 16.7.